The fourth-order valence-corrected chi connectivity index (χ4v) is 2.03. The summed E-state index contributed by atoms with van der Waals surface area (Å²) in [6, 6.07) is 4.43. The fraction of sp³-hybridized carbons (Fsp3) is 0.154. The Labute approximate surface area is 119 Å². The van der Waals surface area contributed by atoms with Crippen molar-refractivity contribution < 1.29 is 4.79 Å². The van der Waals surface area contributed by atoms with Crippen LogP contribution in [0.1, 0.15) is 15.9 Å². The summed E-state index contributed by atoms with van der Waals surface area (Å²) in [4.78, 5) is 36.0. The Hall–Kier alpha value is -2.34. The Morgan fingerprint density at radius 2 is 1.85 bits per heavy atom. The number of nitrogens with zero attached hydrogens (tertiary/aromatic N) is 2. The molecule has 2 N–H and O–H groups in total. The molecule has 0 spiro atoms. The number of carbonyl (C=O) groups excluding carboxylic acids is 1. The lowest BCUT2D eigenvalue weighted by Gasteiger charge is -2.07. The van der Waals surface area contributed by atoms with Gasteiger partial charge in [0.25, 0.3) is 5.56 Å². The molecule has 6 nitrogen and oxygen atoms in total. The molecule has 1 heterocycles. The first kappa shape index (κ1) is 14.1. The summed E-state index contributed by atoms with van der Waals surface area (Å²) in [7, 11) is 2.77. The first-order valence-corrected chi connectivity index (χ1v) is 6.07. The zero-order chi connectivity index (χ0) is 15.0. The molecule has 2 rings (SSSR count). The van der Waals surface area contributed by atoms with Gasteiger partial charge < -0.3 is 10.3 Å². The number of aryl methyl sites for hydroxylation is 1. The van der Waals surface area contributed by atoms with Crippen molar-refractivity contribution in [2.45, 2.75) is 0 Å². The minimum Gasteiger partial charge on any atom is -0.399 e. The van der Waals surface area contributed by atoms with Crippen LogP contribution in [0.2, 0.25) is 5.02 Å². The Morgan fingerprint density at radius 3 is 2.50 bits per heavy atom. The highest BCUT2D eigenvalue weighted by atomic mass is 35.5. The first-order valence-electron chi connectivity index (χ1n) is 5.69. The summed E-state index contributed by atoms with van der Waals surface area (Å²) in [6.07, 6.45) is 1.20. The largest absolute Gasteiger partial charge is 0.399 e. The van der Waals surface area contributed by atoms with Gasteiger partial charge in [-0.2, -0.15) is 0 Å². The number of hydrogen-bond acceptors (Lipinski definition) is 4. The number of rotatable bonds is 2. The molecule has 0 aliphatic heterocycles. The SMILES string of the molecule is Cn1cc(C(=O)c2cc(N)ccc2Cl)c(=O)n(C)c1=O. The maximum atomic E-state index is 12.4. The van der Waals surface area contributed by atoms with Crippen LogP contribution >= 0.6 is 11.6 Å². The van der Waals surface area contributed by atoms with E-state index in [4.69, 9.17) is 17.3 Å². The summed E-state index contributed by atoms with van der Waals surface area (Å²) in [5.41, 5.74) is 4.79. The average molecular weight is 294 g/mol. The van der Waals surface area contributed by atoms with Crippen LogP contribution in [0.5, 0.6) is 0 Å². The van der Waals surface area contributed by atoms with Gasteiger partial charge in [0.05, 0.1) is 5.02 Å². The van der Waals surface area contributed by atoms with Gasteiger partial charge in [-0.3, -0.25) is 14.2 Å². The third-order valence-corrected chi connectivity index (χ3v) is 3.26. The van der Waals surface area contributed by atoms with Gasteiger partial charge in [0.1, 0.15) is 5.56 Å². The highest BCUT2D eigenvalue weighted by Gasteiger charge is 2.19. The number of nitrogens with two attached hydrogens (primary N) is 1. The van der Waals surface area contributed by atoms with E-state index in [0.717, 1.165) is 9.13 Å². The zero-order valence-corrected chi connectivity index (χ0v) is 11.6. The zero-order valence-electron chi connectivity index (χ0n) is 10.9. The van der Waals surface area contributed by atoms with E-state index >= 15 is 0 Å². The second kappa shape index (κ2) is 4.97. The number of carbonyl (C=O) groups is 1. The predicted octanol–water partition coefficient (Wildman–Crippen LogP) is 0.551. The molecular formula is C13H12ClN3O3. The van der Waals surface area contributed by atoms with E-state index in [0.29, 0.717) is 5.69 Å². The highest BCUT2D eigenvalue weighted by Crippen LogP contribution is 2.20. The van der Waals surface area contributed by atoms with Crippen LogP contribution in [0.4, 0.5) is 5.69 Å². The molecule has 104 valence electrons. The van der Waals surface area contributed by atoms with Crippen LogP contribution in [0.15, 0.2) is 34.0 Å². The number of nitrogen functional groups attached to an aromatic ring is 1. The standard InChI is InChI=1S/C13H12ClN3O3/c1-16-6-9(12(19)17(2)13(16)20)11(18)8-5-7(15)3-4-10(8)14/h3-6H,15H2,1-2H3. The molecule has 0 aliphatic rings. The van der Waals surface area contributed by atoms with Gasteiger partial charge in [-0.05, 0) is 18.2 Å². The molecule has 0 atom stereocenters. The molecule has 2 aromatic rings. The van der Waals surface area contributed by atoms with Crippen molar-refractivity contribution in [3.63, 3.8) is 0 Å². The van der Waals surface area contributed by atoms with Crippen molar-refractivity contribution in [3.05, 3.63) is 61.4 Å². The third-order valence-electron chi connectivity index (χ3n) is 2.93. The van der Waals surface area contributed by atoms with Gasteiger partial charge in [0, 0.05) is 31.5 Å². The van der Waals surface area contributed by atoms with Crippen molar-refractivity contribution in [2.24, 2.45) is 14.1 Å². The average Bonchev–Trinajstić information content (AvgIpc) is 2.42. The number of halogens is 1. The second-order valence-corrected chi connectivity index (χ2v) is 4.78. The first-order chi connectivity index (χ1) is 9.32. The van der Waals surface area contributed by atoms with Crippen LogP contribution in [0, 0.1) is 0 Å². The molecule has 0 saturated heterocycles. The minimum atomic E-state index is -0.670. The minimum absolute atomic E-state index is 0.127. The maximum absolute atomic E-state index is 12.4. The quantitative estimate of drug-likeness (QED) is 0.647. The summed E-state index contributed by atoms with van der Waals surface area (Å²) in [5, 5.41) is 0.195. The van der Waals surface area contributed by atoms with Crippen molar-refractivity contribution in [1.82, 2.24) is 9.13 Å². The molecule has 20 heavy (non-hydrogen) atoms. The normalized spacial score (nSPS) is 10.6. The van der Waals surface area contributed by atoms with Gasteiger partial charge in [-0.1, -0.05) is 11.6 Å². The van der Waals surface area contributed by atoms with E-state index < -0.39 is 17.0 Å². The van der Waals surface area contributed by atoms with Crippen LogP contribution in [-0.4, -0.2) is 14.9 Å². The highest BCUT2D eigenvalue weighted by molar-refractivity contribution is 6.35. The van der Waals surface area contributed by atoms with Crippen molar-refractivity contribution in [3.8, 4) is 0 Å². The fourth-order valence-electron chi connectivity index (χ4n) is 1.83. The summed E-state index contributed by atoms with van der Waals surface area (Å²) in [6.45, 7) is 0. The van der Waals surface area contributed by atoms with Gasteiger partial charge in [-0.15, -0.1) is 0 Å². The summed E-state index contributed by atoms with van der Waals surface area (Å²) < 4.78 is 2.03. The van der Waals surface area contributed by atoms with Crippen LogP contribution in [0.25, 0.3) is 0 Å². The van der Waals surface area contributed by atoms with Crippen LogP contribution in [0.3, 0.4) is 0 Å². The molecule has 0 aliphatic carbocycles. The van der Waals surface area contributed by atoms with Crippen molar-refractivity contribution >= 4 is 23.1 Å². The number of anilines is 1. The smallest absolute Gasteiger partial charge is 0.330 e. The van der Waals surface area contributed by atoms with Crippen molar-refractivity contribution in [2.75, 3.05) is 5.73 Å². The number of aromatic nitrogens is 2. The van der Waals surface area contributed by atoms with E-state index in [9.17, 15) is 14.4 Å². The number of ketones is 1. The molecule has 0 unspecified atom stereocenters. The van der Waals surface area contributed by atoms with Gasteiger partial charge in [0.15, 0.2) is 0 Å². The lowest BCUT2D eigenvalue weighted by molar-refractivity contribution is 0.103. The van der Waals surface area contributed by atoms with E-state index in [1.807, 2.05) is 0 Å². The summed E-state index contributed by atoms with van der Waals surface area (Å²) >= 11 is 5.95. The van der Waals surface area contributed by atoms with E-state index in [-0.39, 0.29) is 16.1 Å². The molecule has 0 saturated carbocycles. The third kappa shape index (κ3) is 2.25. The Balaban J connectivity index is 2.69. The van der Waals surface area contributed by atoms with Gasteiger partial charge >= 0.3 is 5.69 Å². The molecule has 1 aromatic heterocycles. The van der Waals surface area contributed by atoms with E-state index in [1.165, 1.54) is 32.4 Å². The van der Waals surface area contributed by atoms with Gasteiger partial charge in [-0.25, -0.2) is 4.79 Å². The summed E-state index contributed by atoms with van der Waals surface area (Å²) in [5.74, 6) is -0.571. The Kier molecular flexibility index (Phi) is 3.50. The van der Waals surface area contributed by atoms with Gasteiger partial charge in [0.2, 0.25) is 5.78 Å². The molecule has 1 aromatic carbocycles. The topological polar surface area (TPSA) is 87.1 Å². The predicted molar refractivity (Wildman–Crippen MR) is 76.2 cm³/mol. The van der Waals surface area contributed by atoms with Crippen LogP contribution < -0.4 is 17.0 Å². The molecule has 0 amide bonds. The Bertz CT molecular complexity index is 821. The number of benzene rings is 1. The molecular weight excluding hydrogens is 282 g/mol. The lowest BCUT2D eigenvalue weighted by atomic mass is 10.1. The molecule has 0 fully saturated rings. The van der Waals surface area contributed by atoms with E-state index in [1.54, 1.807) is 6.07 Å². The molecule has 0 bridgehead atoms. The second-order valence-electron chi connectivity index (χ2n) is 4.37. The number of hydrogen-bond donors (Lipinski definition) is 1. The lowest BCUT2D eigenvalue weighted by Crippen LogP contribution is -2.39. The van der Waals surface area contributed by atoms with Crippen molar-refractivity contribution in [1.29, 1.82) is 0 Å². The maximum Gasteiger partial charge on any atom is 0.330 e. The molecule has 7 heteroatoms. The Morgan fingerprint density at radius 1 is 1.20 bits per heavy atom. The van der Waals surface area contributed by atoms with E-state index in [2.05, 4.69) is 0 Å². The van der Waals surface area contributed by atoms with Crippen LogP contribution in [-0.2, 0) is 14.1 Å². The molecule has 0 radical (unpaired) electrons. The monoisotopic (exact) mass is 293 g/mol.